The molecule has 2 unspecified atom stereocenters. The molecule has 7 nitrogen and oxygen atoms in total. The van der Waals surface area contributed by atoms with Crippen LogP contribution in [0, 0.1) is 5.92 Å². The van der Waals surface area contributed by atoms with E-state index in [2.05, 4.69) is 27.4 Å². The molecule has 0 radical (unpaired) electrons. The lowest BCUT2D eigenvalue weighted by Gasteiger charge is -2.35. The normalized spacial score (nSPS) is 23.6. The predicted octanol–water partition coefficient (Wildman–Crippen LogP) is 1.53. The molecule has 2 aliphatic heterocycles. The average molecular weight is 495 g/mol. The van der Waals surface area contributed by atoms with E-state index in [1.165, 1.54) is 32.2 Å². The maximum Gasteiger partial charge on any atom is 0.243 e. The van der Waals surface area contributed by atoms with Crippen molar-refractivity contribution >= 4 is 35.8 Å². The van der Waals surface area contributed by atoms with Crippen LogP contribution in [-0.2, 0) is 9.53 Å². The predicted molar refractivity (Wildman–Crippen MR) is 121 cm³/mol. The molecular weight excluding hydrogens is 457 g/mol. The molecule has 0 aromatic heterocycles. The van der Waals surface area contributed by atoms with Crippen molar-refractivity contribution in [3.63, 3.8) is 0 Å². The first-order valence-electron chi connectivity index (χ1n) is 10.1. The van der Waals surface area contributed by atoms with Gasteiger partial charge in [-0.25, -0.2) is 4.99 Å². The molecule has 0 aromatic rings. The van der Waals surface area contributed by atoms with Crippen molar-refractivity contribution in [1.82, 2.24) is 20.4 Å². The molecule has 2 rings (SSSR count). The molecule has 0 aliphatic carbocycles. The summed E-state index contributed by atoms with van der Waals surface area (Å²) in [5.41, 5.74) is 0. The minimum atomic E-state index is 0. The highest BCUT2D eigenvalue weighted by Crippen LogP contribution is 2.18. The van der Waals surface area contributed by atoms with E-state index < -0.39 is 0 Å². The van der Waals surface area contributed by atoms with Crippen LogP contribution in [0.3, 0.4) is 0 Å². The summed E-state index contributed by atoms with van der Waals surface area (Å²) in [7, 11) is 3.52. The van der Waals surface area contributed by atoms with Gasteiger partial charge in [0.2, 0.25) is 5.91 Å². The van der Waals surface area contributed by atoms with Crippen molar-refractivity contribution in [1.29, 1.82) is 0 Å². The van der Waals surface area contributed by atoms with E-state index in [0.29, 0.717) is 12.0 Å². The van der Waals surface area contributed by atoms with Crippen molar-refractivity contribution in [2.45, 2.75) is 45.1 Å². The molecule has 158 valence electrons. The maximum atomic E-state index is 11.8. The highest BCUT2D eigenvalue weighted by Gasteiger charge is 2.20. The zero-order valence-corrected chi connectivity index (χ0v) is 19.5. The number of rotatable bonds is 8. The number of halogens is 1. The van der Waals surface area contributed by atoms with Gasteiger partial charge in [0, 0.05) is 52.3 Å². The van der Waals surface area contributed by atoms with Crippen LogP contribution >= 0.6 is 24.0 Å². The highest BCUT2D eigenvalue weighted by atomic mass is 127. The zero-order chi connectivity index (χ0) is 18.8. The quantitative estimate of drug-likeness (QED) is 0.304. The second-order valence-electron chi connectivity index (χ2n) is 7.58. The Labute approximate surface area is 181 Å². The van der Waals surface area contributed by atoms with E-state index in [4.69, 9.17) is 4.74 Å². The number of amides is 1. The van der Waals surface area contributed by atoms with E-state index in [1.54, 1.807) is 19.0 Å². The summed E-state index contributed by atoms with van der Waals surface area (Å²) in [4.78, 5) is 20.5. The number of hydrogen-bond acceptors (Lipinski definition) is 4. The van der Waals surface area contributed by atoms with E-state index in [0.717, 1.165) is 45.2 Å². The second-order valence-corrected chi connectivity index (χ2v) is 7.58. The molecule has 2 N–H and O–H groups in total. The molecule has 27 heavy (non-hydrogen) atoms. The number of carbonyl (C=O) groups excluding carboxylic acids is 1. The lowest BCUT2D eigenvalue weighted by molar-refractivity contribution is -0.127. The first-order valence-corrected chi connectivity index (χ1v) is 10.1. The number of guanidine groups is 1. The van der Waals surface area contributed by atoms with E-state index in [1.807, 2.05) is 0 Å². The number of hydrogen-bond donors (Lipinski definition) is 2. The van der Waals surface area contributed by atoms with Gasteiger partial charge in [-0.2, -0.15) is 0 Å². The van der Waals surface area contributed by atoms with Gasteiger partial charge in [0.25, 0.3) is 0 Å². The van der Waals surface area contributed by atoms with Crippen LogP contribution in [0.15, 0.2) is 4.99 Å². The lowest BCUT2D eigenvalue weighted by Crippen LogP contribution is -2.46. The number of ether oxygens (including phenoxy) is 1. The Balaban J connectivity index is 0.00000364. The van der Waals surface area contributed by atoms with Crippen molar-refractivity contribution in [2.24, 2.45) is 10.9 Å². The van der Waals surface area contributed by atoms with Crippen LogP contribution in [0.1, 0.15) is 39.0 Å². The Bertz CT molecular complexity index is 455. The van der Waals surface area contributed by atoms with Crippen LogP contribution in [0.2, 0.25) is 0 Å². The maximum absolute atomic E-state index is 11.8. The number of carbonyl (C=O) groups is 1. The highest BCUT2D eigenvalue weighted by molar-refractivity contribution is 14.0. The smallest absolute Gasteiger partial charge is 0.243 e. The molecule has 2 saturated heterocycles. The van der Waals surface area contributed by atoms with Gasteiger partial charge < -0.3 is 20.3 Å². The molecule has 0 bridgehead atoms. The molecule has 2 atom stereocenters. The number of nitrogens with one attached hydrogen (secondary N) is 2. The first-order chi connectivity index (χ1) is 12.6. The van der Waals surface area contributed by atoms with Crippen LogP contribution in [0.4, 0.5) is 0 Å². The Morgan fingerprint density at radius 3 is 2.74 bits per heavy atom. The van der Waals surface area contributed by atoms with Crippen LogP contribution < -0.4 is 10.6 Å². The number of nitrogens with zero attached hydrogens (tertiary/aromatic N) is 3. The van der Waals surface area contributed by atoms with Gasteiger partial charge in [-0.3, -0.25) is 9.69 Å². The molecule has 8 heteroatoms. The first kappa shape index (κ1) is 24.4. The minimum absolute atomic E-state index is 0. The molecule has 0 saturated carbocycles. The standard InChI is InChI=1S/C19H37N5O2.HI/c1-4-17-7-5-6-10-24(17)11-9-20-19(22-14-18(25)23(2)3)21-13-16-8-12-26-15-16;/h16-17H,4-15H2,1-3H3,(H2,20,21,22);1H. The van der Waals surface area contributed by atoms with Gasteiger partial charge in [0.05, 0.1) is 6.61 Å². The Morgan fingerprint density at radius 2 is 2.07 bits per heavy atom. The summed E-state index contributed by atoms with van der Waals surface area (Å²) in [5, 5.41) is 6.80. The number of likely N-dealkylation sites (tertiary alicyclic amines) is 1. The van der Waals surface area contributed by atoms with Gasteiger partial charge >= 0.3 is 0 Å². The fourth-order valence-electron chi connectivity index (χ4n) is 3.58. The third-order valence-corrected chi connectivity index (χ3v) is 5.37. The second kappa shape index (κ2) is 13.5. The topological polar surface area (TPSA) is 69.2 Å². The molecule has 2 aliphatic rings. The van der Waals surface area contributed by atoms with E-state index in [-0.39, 0.29) is 36.4 Å². The fraction of sp³-hybridized carbons (Fsp3) is 0.895. The number of piperidine rings is 1. The molecular formula is C19H38IN5O2. The molecule has 0 aromatic carbocycles. The summed E-state index contributed by atoms with van der Waals surface area (Å²) in [6, 6.07) is 0.713. The van der Waals surface area contributed by atoms with Crippen molar-refractivity contribution in [3.05, 3.63) is 0 Å². The van der Waals surface area contributed by atoms with Gasteiger partial charge in [0.15, 0.2) is 5.96 Å². The third-order valence-electron chi connectivity index (χ3n) is 5.37. The fourth-order valence-corrected chi connectivity index (χ4v) is 3.58. The summed E-state index contributed by atoms with van der Waals surface area (Å²) in [5.74, 6) is 1.27. The SMILES string of the molecule is CCC1CCCCN1CCNC(=NCC(=O)N(C)C)NCC1CCOC1.I. The Morgan fingerprint density at radius 1 is 1.26 bits per heavy atom. The molecule has 2 heterocycles. The molecule has 0 spiro atoms. The van der Waals surface area contributed by atoms with Crippen molar-refractivity contribution < 1.29 is 9.53 Å². The third kappa shape index (κ3) is 8.95. The van der Waals surface area contributed by atoms with Gasteiger partial charge in [-0.05, 0) is 32.2 Å². The van der Waals surface area contributed by atoms with Crippen molar-refractivity contribution in [2.75, 3.05) is 60.0 Å². The Kier molecular flexibility index (Phi) is 12.3. The van der Waals surface area contributed by atoms with Gasteiger partial charge in [0.1, 0.15) is 6.54 Å². The summed E-state index contributed by atoms with van der Waals surface area (Å²) in [6.07, 6.45) is 6.28. The van der Waals surface area contributed by atoms with Crippen LogP contribution in [0.25, 0.3) is 0 Å². The van der Waals surface area contributed by atoms with Gasteiger partial charge in [-0.15, -0.1) is 24.0 Å². The number of likely N-dealkylation sites (N-methyl/N-ethyl adjacent to an activating group) is 1. The van der Waals surface area contributed by atoms with Crippen molar-refractivity contribution in [3.8, 4) is 0 Å². The van der Waals surface area contributed by atoms with Crippen LogP contribution in [0.5, 0.6) is 0 Å². The summed E-state index contributed by atoms with van der Waals surface area (Å²) < 4.78 is 5.44. The van der Waals surface area contributed by atoms with E-state index in [9.17, 15) is 4.79 Å². The van der Waals surface area contributed by atoms with Gasteiger partial charge in [-0.1, -0.05) is 13.3 Å². The minimum Gasteiger partial charge on any atom is -0.381 e. The molecule has 1 amide bonds. The Hall–Kier alpha value is -0.610. The molecule has 2 fully saturated rings. The lowest BCUT2D eigenvalue weighted by atomic mass is 10.0. The zero-order valence-electron chi connectivity index (χ0n) is 17.2. The average Bonchev–Trinajstić information content (AvgIpc) is 3.17. The van der Waals surface area contributed by atoms with Crippen LogP contribution in [-0.4, -0.2) is 87.7 Å². The number of aliphatic imine (C=N–C) groups is 1. The summed E-state index contributed by atoms with van der Waals surface area (Å²) >= 11 is 0. The summed E-state index contributed by atoms with van der Waals surface area (Å²) in [6.45, 7) is 8.00. The largest absolute Gasteiger partial charge is 0.381 e. The van der Waals surface area contributed by atoms with E-state index >= 15 is 0 Å². The monoisotopic (exact) mass is 495 g/mol.